The molecular formula is C16H24FN3O. The Morgan fingerprint density at radius 1 is 1.43 bits per heavy atom. The molecule has 1 aromatic carbocycles. The van der Waals surface area contributed by atoms with E-state index in [-0.39, 0.29) is 11.7 Å². The molecule has 3 N–H and O–H groups in total. The summed E-state index contributed by atoms with van der Waals surface area (Å²) >= 11 is 0. The monoisotopic (exact) mass is 293 g/mol. The van der Waals surface area contributed by atoms with Crippen LogP contribution in [-0.4, -0.2) is 36.5 Å². The van der Waals surface area contributed by atoms with Crippen molar-refractivity contribution in [2.75, 3.05) is 25.0 Å². The van der Waals surface area contributed by atoms with Crippen LogP contribution in [-0.2, 0) is 4.79 Å². The lowest BCUT2D eigenvalue weighted by Gasteiger charge is -2.35. The maximum Gasteiger partial charge on any atom is 0.225 e. The zero-order valence-corrected chi connectivity index (χ0v) is 12.4. The van der Waals surface area contributed by atoms with Crippen molar-refractivity contribution in [2.45, 2.75) is 38.1 Å². The van der Waals surface area contributed by atoms with Gasteiger partial charge in [0.05, 0.1) is 0 Å². The number of carbonyl (C=O) groups is 1. The van der Waals surface area contributed by atoms with Gasteiger partial charge >= 0.3 is 0 Å². The van der Waals surface area contributed by atoms with Gasteiger partial charge in [0.15, 0.2) is 0 Å². The number of likely N-dealkylation sites (tertiary alicyclic amines) is 1. The Morgan fingerprint density at radius 2 is 2.29 bits per heavy atom. The second kappa shape index (κ2) is 8.10. The van der Waals surface area contributed by atoms with E-state index in [0.717, 1.165) is 19.5 Å². The molecule has 5 heteroatoms. The van der Waals surface area contributed by atoms with Crippen LogP contribution in [0.25, 0.3) is 0 Å². The van der Waals surface area contributed by atoms with E-state index >= 15 is 0 Å². The number of nitrogens with two attached hydrogens (primary N) is 1. The molecule has 116 valence electrons. The van der Waals surface area contributed by atoms with Crippen LogP contribution in [0.1, 0.15) is 32.1 Å². The van der Waals surface area contributed by atoms with Gasteiger partial charge in [-0.15, -0.1) is 0 Å². The fourth-order valence-corrected chi connectivity index (χ4v) is 2.91. The Bertz CT molecular complexity index is 465. The van der Waals surface area contributed by atoms with E-state index in [2.05, 4.69) is 10.2 Å². The predicted molar refractivity (Wildman–Crippen MR) is 82.5 cm³/mol. The van der Waals surface area contributed by atoms with Gasteiger partial charge in [0.1, 0.15) is 5.82 Å². The van der Waals surface area contributed by atoms with Crippen molar-refractivity contribution in [1.29, 1.82) is 0 Å². The molecule has 0 aromatic heterocycles. The van der Waals surface area contributed by atoms with Gasteiger partial charge in [-0.1, -0.05) is 12.5 Å². The molecule has 1 atom stereocenters. The first-order valence-electron chi connectivity index (χ1n) is 7.68. The summed E-state index contributed by atoms with van der Waals surface area (Å²) in [4.78, 5) is 14.3. The maximum absolute atomic E-state index is 13.1. The number of amides is 1. The minimum atomic E-state index is -0.341. The van der Waals surface area contributed by atoms with Gasteiger partial charge in [-0.05, 0) is 50.6 Å². The number of hydrogen-bond acceptors (Lipinski definition) is 3. The Kier molecular flexibility index (Phi) is 6.14. The smallest absolute Gasteiger partial charge is 0.225 e. The first-order valence-corrected chi connectivity index (χ1v) is 7.68. The van der Waals surface area contributed by atoms with Crippen LogP contribution in [0.4, 0.5) is 10.1 Å². The number of benzene rings is 1. The van der Waals surface area contributed by atoms with Crippen LogP contribution in [0.2, 0.25) is 0 Å². The molecule has 1 aromatic rings. The number of nitrogens with zero attached hydrogens (tertiary/aromatic N) is 1. The van der Waals surface area contributed by atoms with E-state index in [1.54, 1.807) is 12.1 Å². The van der Waals surface area contributed by atoms with Crippen molar-refractivity contribution >= 4 is 11.6 Å². The molecule has 1 fully saturated rings. The highest BCUT2D eigenvalue weighted by Crippen LogP contribution is 2.19. The van der Waals surface area contributed by atoms with Crippen molar-refractivity contribution in [3.8, 4) is 0 Å². The number of rotatable bonds is 6. The van der Waals surface area contributed by atoms with E-state index in [1.165, 1.54) is 31.4 Å². The standard InChI is InChI=1S/C16H24FN3O/c17-13-4-3-5-14(12-13)19-16(21)8-11-20-10-2-1-6-15(20)7-9-18/h3-5,12,15H,1-2,6-11,18H2,(H,19,21). The predicted octanol–water partition coefficient (Wildman–Crippen LogP) is 2.36. The molecule has 21 heavy (non-hydrogen) atoms. The average molecular weight is 293 g/mol. The maximum atomic E-state index is 13.1. The second-order valence-electron chi connectivity index (χ2n) is 5.57. The molecule has 1 saturated heterocycles. The molecule has 1 amide bonds. The summed E-state index contributed by atoms with van der Waals surface area (Å²) in [5, 5.41) is 2.74. The summed E-state index contributed by atoms with van der Waals surface area (Å²) in [6.45, 7) is 2.47. The van der Waals surface area contributed by atoms with Crippen molar-refractivity contribution in [1.82, 2.24) is 4.90 Å². The molecule has 0 bridgehead atoms. The van der Waals surface area contributed by atoms with Crippen molar-refractivity contribution in [2.24, 2.45) is 5.73 Å². The summed E-state index contributed by atoms with van der Waals surface area (Å²) in [6, 6.07) is 6.48. The fraction of sp³-hybridized carbons (Fsp3) is 0.562. The minimum absolute atomic E-state index is 0.0716. The molecule has 4 nitrogen and oxygen atoms in total. The number of anilines is 1. The number of carbonyl (C=O) groups excluding carboxylic acids is 1. The molecule has 0 aliphatic carbocycles. The van der Waals surface area contributed by atoms with Gasteiger partial charge in [-0.2, -0.15) is 0 Å². The van der Waals surface area contributed by atoms with Crippen LogP contribution in [0.5, 0.6) is 0 Å². The van der Waals surface area contributed by atoms with Crippen LogP contribution >= 0.6 is 0 Å². The van der Waals surface area contributed by atoms with E-state index in [1.807, 2.05) is 0 Å². The van der Waals surface area contributed by atoms with Crippen molar-refractivity contribution in [3.63, 3.8) is 0 Å². The molecule has 2 rings (SSSR count). The van der Waals surface area contributed by atoms with Crippen molar-refractivity contribution in [3.05, 3.63) is 30.1 Å². The highest BCUT2D eigenvalue weighted by molar-refractivity contribution is 5.90. The average Bonchev–Trinajstić information content (AvgIpc) is 2.47. The van der Waals surface area contributed by atoms with Crippen LogP contribution in [0.3, 0.4) is 0 Å². The normalized spacial score (nSPS) is 19.4. The molecule has 0 spiro atoms. The molecule has 1 aliphatic heterocycles. The third-order valence-electron chi connectivity index (χ3n) is 3.98. The van der Waals surface area contributed by atoms with Gasteiger partial charge in [-0.25, -0.2) is 4.39 Å². The zero-order chi connectivity index (χ0) is 15.1. The lowest BCUT2D eigenvalue weighted by molar-refractivity contribution is -0.116. The first-order chi connectivity index (χ1) is 10.2. The van der Waals surface area contributed by atoms with E-state index in [4.69, 9.17) is 5.73 Å². The second-order valence-corrected chi connectivity index (χ2v) is 5.57. The summed E-state index contributed by atoms with van der Waals surface area (Å²) in [5.74, 6) is -0.412. The van der Waals surface area contributed by atoms with Gasteiger partial charge in [0.25, 0.3) is 0 Å². The molecule has 0 saturated carbocycles. The third kappa shape index (κ3) is 5.10. The first kappa shape index (κ1) is 15.9. The third-order valence-corrected chi connectivity index (χ3v) is 3.98. The molecule has 1 aliphatic rings. The topological polar surface area (TPSA) is 58.4 Å². The molecule has 0 radical (unpaired) electrons. The lowest BCUT2D eigenvalue weighted by atomic mass is 9.99. The summed E-state index contributed by atoms with van der Waals surface area (Å²) in [5.41, 5.74) is 6.16. The van der Waals surface area contributed by atoms with Gasteiger partial charge < -0.3 is 11.1 Å². The largest absolute Gasteiger partial charge is 0.330 e. The van der Waals surface area contributed by atoms with Crippen molar-refractivity contribution < 1.29 is 9.18 Å². The van der Waals surface area contributed by atoms with E-state index in [0.29, 0.717) is 24.7 Å². The number of halogens is 1. The number of nitrogens with one attached hydrogen (secondary N) is 1. The van der Waals surface area contributed by atoms with E-state index < -0.39 is 0 Å². The van der Waals surface area contributed by atoms with Gasteiger partial charge in [0, 0.05) is 24.7 Å². The lowest BCUT2D eigenvalue weighted by Crippen LogP contribution is -2.42. The number of piperidine rings is 1. The Balaban J connectivity index is 1.79. The number of hydrogen-bond donors (Lipinski definition) is 2. The SMILES string of the molecule is NCCC1CCCCN1CCC(=O)Nc1cccc(F)c1. The highest BCUT2D eigenvalue weighted by Gasteiger charge is 2.21. The minimum Gasteiger partial charge on any atom is -0.330 e. The summed E-state index contributed by atoms with van der Waals surface area (Å²) in [7, 11) is 0. The van der Waals surface area contributed by atoms with Gasteiger partial charge in [0.2, 0.25) is 5.91 Å². The summed E-state index contributed by atoms with van der Waals surface area (Å²) < 4.78 is 13.1. The summed E-state index contributed by atoms with van der Waals surface area (Å²) in [6.07, 6.45) is 5.02. The van der Waals surface area contributed by atoms with E-state index in [9.17, 15) is 9.18 Å². The van der Waals surface area contributed by atoms with Gasteiger partial charge in [-0.3, -0.25) is 9.69 Å². The molecular weight excluding hydrogens is 269 g/mol. The molecule has 1 unspecified atom stereocenters. The Hall–Kier alpha value is -1.46. The highest BCUT2D eigenvalue weighted by atomic mass is 19.1. The zero-order valence-electron chi connectivity index (χ0n) is 12.4. The quantitative estimate of drug-likeness (QED) is 0.846. The Labute approximate surface area is 125 Å². The van der Waals surface area contributed by atoms with Crippen LogP contribution in [0.15, 0.2) is 24.3 Å². The fourth-order valence-electron chi connectivity index (χ4n) is 2.91. The van der Waals surface area contributed by atoms with Crippen LogP contribution in [0, 0.1) is 5.82 Å². The Morgan fingerprint density at radius 3 is 3.05 bits per heavy atom. The molecule has 1 heterocycles. The van der Waals surface area contributed by atoms with Crippen LogP contribution < -0.4 is 11.1 Å².